The van der Waals surface area contributed by atoms with Gasteiger partial charge < -0.3 is 14.2 Å². The van der Waals surface area contributed by atoms with E-state index in [1.54, 1.807) is 12.1 Å². The van der Waals surface area contributed by atoms with Crippen molar-refractivity contribution in [1.29, 1.82) is 0 Å². The Kier molecular flexibility index (Phi) is 9.63. The lowest BCUT2D eigenvalue weighted by Crippen LogP contribution is -2.40. The molecule has 0 atom stereocenters. The van der Waals surface area contributed by atoms with Crippen molar-refractivity contribution in [3.63, 3.8) is 0 Å². The molecule has 0 saturated carbocycles. The van der Waals surface area contributed by atoms with E-state index in [1.165, 1.54) is 10.8 Å². The summed E-state index contributed by atoms with van der Waals surface area (Å²) in [5.41, 5.74) is 3.75. The van der Waals surface area contributed by atoms with E-state index in [2.05, 4.69) is 73.3 Å². The number of benzene rings is 2. The Morgan fingerprint density at radius 3 is 2.03 bits per heavy atom. The maximum absolute atomic E-state index is 14.8. The molecule has 0 aromatic heterocycles. The Bertz CT molecular complexity index is 1000. The van der Waals surface area contributed by atoms with Crippen LogP contribution in [0, 0.1) is 18.2 Å². The van der Waals surface area contributed by atoms with Crippen LogP contribution >= 0.6 is 0 Å². The average Bonchev–Trinajstić information content (AvgIpc) is 2.70. The van der Waals surface area contributed by atoms with Gasteiger partial charge in [-0.1, -0.05) is 67.2 Å². The van der Waals surface area contributed by atoms with E-state index in [9.17, 15) is 4.39 Å². The molecule has 0 amide bonds. The third kappa shape index (κ3) is 7.81. The summed E-state index contributed by atoms with van der Waals surface area (Å²) in [5.74, 6) is 1.24. The minimum absolute atomic E-state index is 0.0767. The fourth-order valence-corrected chi connectivity index (χ4v) is 6.35. The SMILES string of the molecule is CCCOc1c(C)cc(F)cc1-c1cc(C(C)(C)CC(C)(C)C)cc([Si](C)(C)C)c1OCOCC. The van der Waals surface area contributed by atoms with Gasteiger partial charge in [0.2, 0.25) is 0 Å². The summed E-state index contributed by atoms with van der Waals surface area (Å²) in [6.07, 6.45) is 1.90. The molecule has 0 aliphatic heterocycles. The van der Waals surface area contributed by atoms with Crippen molar-refractivity contribution in [2.45, 2.75) is 93.3 Å². The number of halogens is 1. The fourth-order valence-electron chi connectivity index (χ4n) is 4.87. The fraction of sp³-hybridized carbons (Fsp3) is 0.600. The lowest BCUT2D eigenvalue weighted by Gasteiger charge is -2.35. The van der Waals surface area contributed by atoms with E-state index in [0.717, 1.165) is 41.0 Å². The number of aryl methyl sites for hydroxylation is 1. The monoisotopic (exact) mass is 502 g/mol. The highest BCUT2D eigenvalue weighted by molar-refractivity contribution is 6.89. The second kappa shape index (κ2) is 11.5. The molecule has 5 heteroatoms. The van der Waals surface area contributed by atoms with Crippen LogP contribution in [-0.4, -0.2) is 28.1 Å². The maximum atomic E-state index is 14.8. The van der Waals surface area contributed by atoms with Crippen molar-refractivity contribution < 1.29 is 18.6 Å². The smallest absolute Gasteiger partial charge is 0.189 e. The average molecular weight is 503 g/mol. The van der Waals surface area contributed by atoms with Crippen molar-refractivity contribution in [2.75, 3.05) is 20.0 Å². The van der Waals surface area contributed by atoms with Crippen LogP contribution < -0.4 is 14.7 Å². The molecule has 2 aromatic carbocycles. The van der Waals surface area contributed by atoms with Gasteiger partial charge in [0.25, 0.3) is 0 Å². The zero-order valence-corrected chi connectivity index (χ0v) is 24.9. The van der Waals surface area contributed by atoms with Crippen molar-refractivity contribution in [1.82, 2.24) is 0 Å². The van der Waals surface area contributed by atoms with E-state index >= 15 is 0 Å². The first-order valence-corrected chi connectivity index (χ1v) is 16.4. The number of rotatable bonds is 11. The summed E-state index contributed by atoms with van der Waals surface area (Å²) in [5, 5.41) is 1.22. The molecule has 35 heavy (non-hydrogen) atoms. The van der Waals surface area contributed by atoms with Crippen LogP contribution in [0.4, 0.5) is 4.39 Å². The molecular weight excluding hydrogens is 455 g/mol. The van der Waals surface area contributed by atoms with E-state index < -0.39 is 8.07 Å². The van der Waals surface area contributed by atoms with Crippen molar-refractivity contribution in [3.05, 3.63) is 41.2 Å². The van der Waals surface area contributed by atoms with Gasteiger partial charge in [-0.05, 0) is 72.0 Å². The Balaban J connectivity index is 2.93. The molecule has 196 valence electrons. The van der Waals surface area contributed by atoms with Gasteiger partial charge in [-0.2, -0.15) is 0 Å². The van der Waals surface area contributed by atoms with Gasteiger partial charge in [0.1, 0.15) is 17.3 Å². The first-order valence-electron chi connectivity index (χ1n) is 12.9. The van der Waals surface area contributed by atoms with Gasteiger partial charge in [0.05, 0.1) is 14.7 Å². The predicted molar refractivity (Wildman–Crippen MR) is 150 cm³/mol. The largest absolute Gasteiger partial charge is 0.493 e. The standard InChI is InChI=1S/C30H47FO3Si/c1-12-14-33-27-21(3)15-23(31)18-25(27)24-16-22(30(7,8)19-29(4,5)6)17-26(35(9,10)11)28(24)34-20-32-13-2/h15-18H,12-14,19-20H2,1-11H3. The van der Waals surface area contributed by atoms with Gasteiger partial charge in [-0.25, -0.2) is 4.39 Å². The summed E-state index contributed by atoms with van der Waals surface area (Å²) in [7, 11) is -1.86. The normalized spacial score (nSPS) is 12.7. The molecule has 2 aromatic rings. The van der Waals surface area contributed by atoms with E-state index in [1.807, 2.05) is 13.8 Å². The molecule has 3 nitrogen and oxygen atoms in total. The van der Waals surface area contributed by atoms with Crippen LogP contribution in [0.2, 0.25) is 19.6 Å². The topological polar surface area (TPSA) is 27.7 Å². The highest BCUT2D eigenvalue weighted by Gasteiger charge is 2.33. The molecule has 0 radical (unpaired) electrons. The number of ether oxygens (including phenoxy) is 3. The summed E-state index contributed by atoms with van der Waals surface area (Å²) in [4.78, 5) is 0. The second-order valence-electron chi connectivity index (χ2n) is 12.5. The predicted octanol–water partition coefficient (Wildman–Crippen LogP) is 8.22. The van der Waals surface area contributed by atoms with Crippen LogP contribution in [0.25, 0.3) is 11.1 Å². The number of hydrogen-bond donors (Lipinski definition) is 0. The molecule has 0 bridgehead atoms. The Hall–Kier alpha value is -1.85. The minimum atomic E-state index is -1.86. The molecule has 0 aliphatic rings. The van der Waals surface area contributed by atoms with Crippen molar-refractivity contribution >= 4 is 13.3 Å². The lowest BCUT2D eigenvalue weighted by atomic mass is 9.72. The summed E-state index contributed by atoms with van der Waals surface area (Å²) in [6, 6.07) is 7.67. The molecular formula is C30H47FO3Si. The Morgan fingerprint density at radius 1 is 0.857 bits per heavy atom. The quantitative estimate of drug-likeness (QED) is 0.176. The van der Waals surface area contributed by atoms with Gasteiger partial charge in [-0.15, -0.1) is 0 Å². The van der Waals surface area contributed by atoms with Crippen LogP contribution in [-0.2, 0) is 10.2 Å². The Morgan fingerprint density at radius 2 is 1.49 bits per heavy atom. The molecule has 0 saturated heterocycles. The summed E-state index contributed by atoms with van der Waals surface area (Å²) >= 11 is 0. The third-order valence-corrected chi connectivity index (χ3v) is 8.11. The number of hydrogen-bond acceptors (Lipinski definition) is 3. The first-order chi connectivity index (χ1) is 16.1. The zero-order chi connectivity index (χ0) is 26.6. The third-order valence-electron chi connectivity index (χ3n) is 6.12. The highest BCUT2D eigenvalue weighted by Crippen LogP contribution is 2.43. The van der Waals surface area contributed by atoms with Crippen LogP contribution in [0.5, 0.6) is 11.5 Å². The van der Waals surface area contributed by atoms with Gasteiger partial charge in [0, 0.05) is 17.7 Å². The van der Waals surface area contributed by atoms with Gasteiger partial charge in [0.15, 0.2) is 6.79 Å². The van der Waals surface area contributed by atoms with Gasteiger partial charge >= 0.3 is 0 Å². The molecule has 0 unspecified atom stereocenters. The maximum Gasteiger partial charge on any atom is 0.189 e. The van der Waals surface area contributed by atoms with Crippen LogP contribution in [0.1, 0.15) is 72.4 Å². The summed E-state index contributed by atoms with van der Waals surface area (Å²) in [6.45, 7) is 25.7. The molecule has 0 heterocycles. The lowest BCUT2D eigenvalue weighted by molar-refractivity contribution is 0.0233. The second-order valence-corrected chi connectivity index (χ2v) is 17.5. The molecule has 0 fully saturated rings. The molecule has 2 rings (SSSR count). The van der Waals surface area contributed by atoms with Crippen molar-refractivity contribution in [2.24, 2.45) is 5.41 Å². The van der Waals surface area contributed by atoms with Crippen LogP contribution in [0.3, 0.4) is 0 Å². The zero-order valence-electron chi connectivity index (χ0n) is 23.9. The van der Waals surface area contributed by atoms with E-state index in [-0.39, 0.29) is 23.4 Å². The Labute approximate surface area is 214 Å². The van der Waals surface area contributed by atoms with Crippen LogP contribution in [0.15, 0.2) is 24.3 Å². The van der Waals surface area contributed by atoms with E-state index in [0.29, 0.717) is 13.2 Å². The minimum Gasteiger partial charge on any atom is -0.493 e. The molecule has 0 N–H and O–H groups in total. The highest BCUT2D eigenvalue weighted by atomic mass is 28.3. The van der Waals surface area contributed by atoms with Gasteiger partial charge in [-0.3, -0.25) is 0 Å². The van der Waals surface area contributed by atoms with E-state index in [4.69, 9.17) is 14.2 Å². The molecule has 0 spiro atoms. The first kappa shape index (κ1) is 29.4. The molecule has 0 aliphatic carbocycles. The van der Waals surface area contributed by atoms with Crippen molar-refractivity contribution in [3.8, 4) is 22.6 Å². The summed E-state index contributed by atoms with van der Waals surface area (Å²) < 4.78 is 33.0.